The molecule has 7 heteroatoms. The van der Waals surface area contributed by atoms with E-state index in [4.69, 9.17) is 5.73 Å². The van der Waals surface area contributed by atoms with Crippen molar-refractivity contribution in [3.8, 4) is 0 Å². The minimum absolute atomic E-state index is 0.261. The molecule has 0 aliphatic rings. The zero-order valence-electron chi connectivity index (χ0n) is 12.5. The average Bonchev–Trinajstić information content (AvgIpc) is 2.45. The first-order valence-electron chi connectivity index (χ1n) is 6.89. The molecule has 21 heavy (non-hydrogen) atoms. The molecule has 1 amide bonds. The van der Waals surface area contributed by atoms with E-state index in [1.54, 1.807) is 19.1 Å². The molecule has 1 aromatic rings. The molecular formula is C14H23N3O3S. The number of hydrogen-bond donors (Lipinski definition) is 2. The Morgan fingerprint density at radius 3 is 2.48 bits per heavy atom. The smallest absolute Gasteiger partial charge is 0.241 e. The summed E-state index contributed by atoms with van der Waals surface area (Å²) in [7, 11) is -3.18. The summed E-state index contributed by atoms with van der Waals surface area (Å²) in [5.41, 5.74) is 6.61. The van der Waals surface area contributed by atoms with Crippen LogP contribution in [0.4, 0.5) is 0 Å². The van der Waals surface area contributed by atoms with Crippen LogP contribution in [0.1, 0.15) is 24.9 Å². The van der Waals surface area contributed by atoms with Gasteiger partial charge in [-0.15, -0.1) is 0 Å². The van der Waals surface area contributed by atoms with Crippen molar-refractivity contribution < 1.29 is 13.2 Å². The molecule has 0 aliphatic carbocycles. The summed E-state index contributed by atoms with van der Waals surface area (Å²) < 4.78 is 24.2. The molecule has 0 heterocycles. The van der Waals surface area contributed by atoms with Crippen LogP contribution in [0.25, 0.3) is 0 Å². The molecule has 1 rings (SSSR count). The lowest BCUT2D eigenvalue weighted by molar-refractivity contribution is -0.122. The maximum absolute atomic E-state index is 11.9. The number of nitrogens with zero attached hydrogens (tertiary/aromatic N) is 1. The molecule has 0 saturated carbocycles. The third-order valence-corrected chi connectivity index (χ3v) is 4.53. The molecule has 6 nitrogen and oxygen atoms in total. The number of amides is 1. The van der Waals surface area contributed by atoms with Gasteiger partial charge in [-0.25, -0.2) is 12.7 Å². The number of carbonyl (C=O) groups excluding carboxylic acids is 1. The predicted octanol–water partition coefficient (Wildman–Crippen LogP) is 0.474. The van der Waals surface area contributed by atoms with Gasteiger partial charge in [-0.2, -0.15) is 0 Å². The monoisotopic (exact) mass is 313 g/mol. The van der Waals surface area contributed by atoms with Gasteiger partial charge < -0.3 is 11.1 Å². The summed E-state index contributed by atoms with van der Waals surface area (Å²) >= 11 is 0. The standard InChI is InChI=1S/C14H23N3O3S/c1-3-17(21(2,19)20)11-7-10-16-14(18)13(15)12-8-5-4-6-9-12/h4-6,8-9,13H,3,7,10-11,15H2,1-2H3,(H,16,18)/t13-/m1/s1. The van der Waals surface area contributed by atoms with Crippen LogP contribution in [0.2, 0.25) is 0 Å². The molecule has 0 spiro atoms. The van der Waals surface area contributed by atoms with Crippen molar-refractivity contribution in [2.24, 2.45) is 5.73 Å². The largest absolute Gasteiger partial charge is 0.354 e. The van der Waals surface area contributed by atoms with Crippen LogP contribution in [-0.2, 0) is 14.8 Å². The van der Waals surface area contributed by atoms with Gasteiger partial charge in [0, 0.05) is 19.6 Å². The maximum atomic E-state index is 11.9. The fourth-order valence-electron chi connectivity index (χ4n) is 1.95. The number of hydrogen-bond acceptors (Lipinski definition) is 4. The maximum Gasteiger partial charge on any atom is 0.241 e. The van der Waals surface area contributed by atoms with Gasteiger partial charge in [-0.3, -0.25) is 4.79 Å². The van der Waals surface area contributed by atoms with E-state index in [2.05, 4.69) is 5.32 Å². The van der Waals surface area contributed by atoms with Gasteiger partial charge in [0.1, 0.15) is 6.04 Å². The van der Waals surface area contributed by atoms with Crippen molar-refractivity contribution >= 4 is 15.9 Å². The fourth-order valence-corrected chi connectivity index (χ4v) is 2.88. The van der Waals surface area contributed by atoms with Crippen LogP contribution >= 0.6 is 0 Å². The van der Waals surface area contributed by atoms with Gasteiger partial charge in [-0.05, 0) is 12.0 Å². The number of sulfonamides is 1. The summed E-state index contributed by atoms with van der Waals surface area (Å²) in [6.45, 7) is 2.99. The Balaban J connectivity index is 2.37. The average molecular weight is 313 g/mol. The summed E-state index contributed by atoms with van der Waals surface area (Å²) in [5, 5.41) is 2.73. The molecule has 0 fully saturated rings. The van der Waals surface area contributed by atoms with Crippen LogP contribution in [0.5, 0.6) is 0 Å². The topological polar surface area (TPSA) is 92.5 Å². The van der Waals surface area contributed by atoms with Gasteiger partial charge >= 0.3 is 0 Å². The molecule has 3 N–H and O–H groups in total. The molecule has 0 aliphatic heterocycles. The first kappa shape index (κ1) is 17.6. The van der Waals surface area contributed by atoms with Gasteiger partial charge in [0.15, 0.2) is 0 Å². The zero-order chi connectivity index (χ0) is 15.9. The van der Waals surface area contributed by atoms with Crippen LogP contribution in [-0.4, -0.2) is 44.5 Å². The second-order valence-electron chi connectivity index (χ2n) is 4.79. The van der Waals surface area contributed by atoms with Crippen LogP contribution in [0, 0.1) is 0 Å². The summed E-state index contributed by atoms with van der Waals surface area (Å²) in [5.74, 6) is -0.261. The van der Waals surface area contributed by atoms with E-state index >= 15 is 0 Å². The van der Waals surface area contributed by atoms with Gasteiger partial charge in [-0.1, -0.05) is 37.3 Å². The Hall–Kier alpha value is -1.44. The Kier molecular flexibility index (Phi) is 6.80. The van der Waals surface area contributed by atoms with Crippen molar-refractivity contribution in [2.45, 2.75) is 19.4 Å². The lowest BCUT2D eigenvalue weighted by Crippen LogP contribution is -2.37. The Bertz CT molecular complexity index is 546. The molecule has 1 aromatic carbocycles. The normalized spacial score (nSPS) is 13.1. The molecule has 0 unspecified atom stereocenters. The molecule has 0 bridgehead atoms. The third kappa shape index (κ3) is 5.82. The van der Waals surface area contributed by atoms with Crippen molar-refractivity contribution in [3.63, 3.8) is 0 Å². The summed E-state index contributed by atoms with van der Waals surface area (Å²) in [6.07, 6.45) is 1.73. The number of nitrogens with one attached hydrogen (secondary N) is 1. The van der Waals surface area contributed by atoms with E-state index in [0.29, 0.717) is 26.1 Å². The first-order valence-corrected chi connectivity index (χ1v) is 8.74. The highest BCUT2D eigenvalue weighted by molar-refractivity contribution is 7.88. The molecule has 0 saturated heterocycles. The van der Waals surface area contributed by atoms with Gasteiger partial charge in [0.2, 0.25) is 15.9 Å². The molecular weight excluding hydrogens is 290 g/mol. The Labute approximate surface area is 126 Å². The SMILES string of the molecule is CCN(CCCNC(=O)[C@H](N)c1ccccc1)S(C)(=O)=O. The quantitative estimate of drug-likeness (QED) is 0.683. The van der Waals surface area contributed by atoms with Crippen molar-refractivity contribution in [1.29, 1.82) is 0 Å². The lowest BCUT2D eigenvalue weighted by Gasteiger charge is -2.18. The van der Waals surface area contributed by atoms with Crippen LogP contribution in [0.15, 0.2) is 30.3 Å². The first-order chi connectivity index (χ1) is 9.86. The zero-order valence-corrected chi connectivity index (χ0v) is 13.3. The van der Waals surface area contributed by atoms with E-state index in [0.717, 1.165) is 5.56 Å². The highest BCUT2D eigenvalue weighted by Crippen LogP contribution is 2.09. The van der Waals surface area contributed by atoms with E-state index in [-0.39, 0.29) is 5.91 Å². The summed E-state index contributed by atoms with van der Waals surface area (Å²) in [4.78, 5) is 11.9. The predicted molar refractivity (Wildman–Crippen MR) is 83.1 cm³/mol. The fraction of sp³-hybridized carbons (Fsp3) is 0.500. The number of carbonyl (C=O) groups is 1. The molecule has 118 valence electrons. The van der Waals surface area contributed by atoms with Crippen LogP contribution in [0.3, 0.4) is 0 Å². The van der Waals surface area contributed by atoms with E-state index in [1.165, 1.54) is 10.6 Å². The highest BCUT2D eigenvalue weighted by Gasteiger charge is 2.16. The second-order valence-corrected chi connectivity index (χ2v) is 6.77. The Morgan fingerprint density at radius 2 is 1.95 bits per heavy atom. The number of rotatable bonds is 8. The van der Waals surface area contributed by atoms with E-state index in [1.807, 2.05) is 18.2 Å². The molecule has 0 radical (unpaired) electrons. The van der Waals surface area contributed by atoms with Crippen LogP contribution < -0.4 is 11.1 Å². The minimum atomic E-state index is -3.18. The number of benzene rings is 1. The second kappa shape index (κ2) is 8.11. The highest BCUT2D eigenvalue weighted by atomic mass is 32.2. The van der Waals surface area contributed by atoms with Crippen molar-refractivity contribution in [3.05, 3.63) is 35.9 Å². The van der Waals surface area contributed by atoms with E-state index < -0.39 is 16.1 Å². The Morgan fingerprint density at radius 1 is 1.33 bits per heavy atom. The van der Waals surface area contributed by atoms with Crippen molar-refractivity contribution in [2.75, 3.05) is 25.9 Å². The third-order valence-electron chi connectivity index (χ3n) is 3.15. The molecule has 0 aromatic heterocycles. The number of nitrogens with two attached hydrogens (primary N) is 1. The summed E-state index contributed by atoms with van der Waals surface area (Å²) in [6, 6.07) is 8.41. The van der Waals surface area contributed by atoms with Gasteiger partial charge in [0.05, 0.1) is 6.26 Å². The van der Waals surface area contributed by atoms with Gasteiger partial charge in [0.25, 0.3) is 0 Å². The lowest BCUT2D eigenvalue weighted by atomic mass is 10.1. The van der Waals surface area contributed by atoms with E-state index in [9.17, 15) is 13.2 Å². The molecule has 1 atom stereocenters. The minimum Gasteiger partial charge on any atom is -0.354 e. The van der Waals surface area contributed by atoms with Crippen molar-refractivity contribution in [1.82, 2.24) is 9.62 Å².